The number of benzene rings is 2. The van der Waals surface area contributed by atoms with E-state index in [1.54, 1.807) is 12.1 Å². The highest BCUT2D eigenvalue weighted by Gasteiger charge is 2.18. The number of amides is 1. The zero-order valence-electron chi connectivity index (χ0n) is 12.9. The lowest BCUT2D eigenvalue weighted by molar-refractivity contribution is 0.102. The number of anilines is 2. The second-order valence-corrected chi connectivity index (χ2v) is 5.40. The van der Waals surface area contributed by atoms with Gasteiger partial charge in [-0.1, -0.05) is 29.5 Å². The smallest absolute Gasteiger partial charge is 0.280 e. The molecule has 0 aliphatic carbocycles. The Balaban J connectivity index is 1.91. The van der Waals surface area contributed by atoms with Gasteiger partial charge in [0.15, 0.2) is 11.5 Å². The summed E-state index contributed by atoms with van der Waals surface area (Å²) in [5, 5.41) is 10.7. The monoisotopic (exact) mass is 307 g/mol. The van der Waals surface area contributed by atoms with E-state index in [0.29, 0.717) is 5.69 Å². The van der Waals surface area contributed by atoms with Crippen LogP contribution >= 0.6 is 0 Å². The minimum absolute atomic E-state index is 0.105. The lowest BCUT2D eigenvalue weighted by Gasteiger charge is -2.06. The van der Waals surface area contributed by atoms with Crippen molar-refractivity contribution in [2.45, 2.75) is 13.8 Å². The van der Waals surface area contributed by atoms with E-state index in [2.05, 4.69) is 21.7 Å². The van der Waals surface area contributed by atoms with Crippen molar-refractivity contribution in [3.8, 4) is 5.69 Å². The molecule has 6 heteroatoms. The van der Waals surface area contributed by atoms with Crippen molar-refractivity contribution in [3.05, 3.63) is 65.4 Å². The van der Waals surface area contributed by atoms with Gasteiger partial charge in [-0.2, -0.15) is 4.68 Å². The largest absolute Gasteiger partial charge is 0.382 e. The number of nitrogens with two attached hydrogens (primary N) is 1. The first-order valence-corrected chi connectivity index (χ1v) is 7.21. The van der Waals surface area contributed by atoms with Gasteiger partial charge in [-0.25, -0.2) is 0 Å². The van der Waals surface area contributed by atoms with Crippen LogP contribution in [0.1, 0.15) is 21.6 Å². The average molecular weight is 307 g/mol. The summed E-state index contributed by atoms with van der Waals surface area (Å²) < 4.78 is 1.47. The van der Waals surface area contributed by atoms with Crippen LogP contribution in [0.4, 0.5) is 11.5 Å². The normalized spacial score (nSPS) is 10.5. The number of aromatic nitrogens is 3. The topological polar surface area (TPSA) is 85.8 Å². The maximum absolute atomic E-state index is 12.3. The minimum Gasteiger partial charge on any atom is -0.382 e. The van der Waals surface area contributed by atoms with Gasteiger partial charge in [-0.15, -0.1) is 5.10 Å². The van der Waals surface area contributed by atoms with E-state index in [1.807, 2.05) is 44.2 Å². The highest BCUT2D eigenvalue weighted by Crippen LogP contribution is 2.19. The molecule has 3 aromatic rings. The molecule has 6 nitrogen and oxygen atoms in total. The Labute approximate surface area is 133 Å². The number of rotatable bonds is 3. The van der Waals surface area contributed by atoms with Gasteiger partial charge in [0.05, 0.1) is 5.69 Å². The Morgan fingerprint density at radius 1 is 1.09 bits per heavy atom. The molecule has 0 atom stereocenters. The molecule has 0 fully saturated rings. The molecular weight excluding hydrogens is 290 g/mol. The molecule has 0 unspecified atom stereocenters. The van der Waals surface area contributed by atoms with Gasteiger partial charge in [0.1, 0.15) is 0 Å². The Morgan fingerprint density at radius 3 is 2.39 bits per heavy atom. The van der Waals surface area contributed by atoms with Crippen LogP contribution in [0.25, 0.3) is 5.69 Å². The number of hydrogen-bond acceptors (Lipinski definition) is 4. The van der Waals surface area contributed by atoms with E-state index in [9.17, 15) is 4.79 Å². The fourth-order valence-electron chi connectivity index (χ4n) is 2.43. The molecule has 1 amide bonds. The van der Waals surface area contributed by atoms with E-state index in [4.69, 9.17) is 5.73 Å². The van der Waals surface area contributed by atoms with E-state index >= 15 is 0 Å². The van der Waals surface area contributed by atoms with E-state index in [0.717, 1.165) is 16.8 Å². The average Bonchev–Trinajstić information content (AvgIpc) is 2.89. The summed E-state index contributed by atoms with van der Waals surface area (Å²) in [6.45, 7) is 3.99. The maximum Gasteiger partial charge on any atom is 0.280 e. The molecule has 3 rings (SSSR count). The Morgan fingerprint density at radius 2 is 1.74 bits per heavy atom. The highest BCUT2D eigenvalue weighted by atomic mass is 16.2. The molecule has 0 radical (unpaired) electrons. The lowest BCUT2D eigenvalue weighted by atomic mass is 10.1. The lowest BCUT2D eigenvalue weighted by Crippen LogP contribution is -2.15. The van der Waals surface area contributed by atoms with Crippen LogP contribution in [-0.4, -0.2) is 20.9 Å². The van der Waals surface area contributed by atoms with Crippen molar-refractivity contribution < 1.29 is 4.79 Å². The number of carbonyl (C=O) groups is 1. The molecule has 116 valence electrons. The van der Waals surface area contributed by atoms with Crippen LogP contribution in [0.5, 0.6) is 0 Å². The maximum atomic E-state index is 12.3. The van der Waals surface area contributed by atoms with Gasteiger partial charge in [0.25, 0.3) is 5.91 Å². The summed E-state index contributed by atoms with van der Waals surface area (Å²) in [5.41, 5.74) is 9.81. The third-order valence-corrected chi connectivity index (χ3v) is 3.40. The standard InChI is InChI=1S/C17H17N5O/c1-11-8-12(2)10-14(9-11)22-16(18)15(20-21-22)17(23)19-13-6-4-3-5-7-13/h3-10H,18H2,1-2H3,(H,19,23). The molecule has 0 saturated heterocycles. The van der Waals surface area contributed by atoms with Crippen LogP contribution in [0.3, 0.4) is 0 Å². The van der Waals surface area contributed by atoms with Crippen LogP contribution < -0.4 is 11.1 Å². The zero-order valence-corrected chi connectivity index (χ0v) is 12.9. The first-order chi connectivity index (χ1) is 11.0. The zero-order chi connectivity index (χ0) is 16.4. The molecule has 23 heavy (non-hydrogen) atoms. The predicted molar refractivity (Wildman–Crippen MR) is 89.6 cm³/mol. The third-order valence-electron chi connectivity index (χ3n) is 3.40. The molecule has 0 saturated carbocycles. The summed E-state index contributed by atoms with van der Waals surface area (Å²) in [6, 6.07) is 15.1. The summed E-state index contributed by atoms with van der Waals surface area (Å²) >= 11 is 0. The summed E-state index contributed by atoms with van der Waals surface area (Å²) in [4.78, 5) is 12.3. The molecule has 0 spiro atoms. The molecule has 1 aromatic heterocycles. The number of nitrogens with zero attached hydrogens (tertiary/aromatic N) is 3. The van der Waals surface area contributed by atoms with Crippen molar-refractivity contribution in [1.29, 1.82) is 0 Å². The minimum atomic E-state index is -0.385. The van der Waals surface area contributed by atoms with Gasteiger partial charge in [0, 0.05) is 5.69 Å². The first-order valence-electron chi connectivity index (χ1n) is 7.21. The third kappa shape index (κ3) is 3.06. The quantitative estimate of drug-likeness (QED) is 0.779. The van der Waals surface area contributed by atoms with Gasteiger partial charge < -0.3 is 11.1 Å². The Bertz CT molecular complexity index is 834. The van der Waals surface area contributed by atoms with E-state index < -0.39 is 0 Å². The molecule has 2 aromatic carbocycles. The number of carbonyl (C=O) groups excluding carboxylic acids is 1. The van der Waals surface area contributed by atoms with Gasteiger partial charge in [-0.05, 0) is 49.2 Å². The second kappa shape index (κ2) is 5.92. The van der Waals surface area contributed by atoms with Crippen molar-refractivity contribution in [2.24, 2.45) is 0 Å². The van der Waals surface area contributed by atoms with Crippen LogP contribution in [0.2, 0.25) is 0 Å². The molecule has 0 aliphatic rings. The summed E-state index contributed by atoms with van der Waals surface area (Å²) in [5.74, 6) is -0.173. The van der Waals surface area contributed by atoms with Gasteiger partial charge in [-0.3, -0.25) is 4.79 Å². The number of hydrogen-bond donors (Lipinski definition) is 2. The fraction of sp³-hybridized carbons (Fsp3) is 0.118. The van der Waals surface area contributed by atoms with Gasteiger partial charge >= 0.3 is 0 Å². The number of para-hydroxylation sites is 1. The molecule has 1 heterocycles. The summed E-state index contributed by atoms with van der Waals surface area (Å²) in [7, 11) is 0. The van der Waals surface area contributed by atoms with Crippen molar-refractivity contribution in [1.82, 2.24) is 15.0 Å². The number of nitrogens with one attached hydrogen (secondary N) is 1. The Kier molecular flexibility index (Phi) is 3.80. The Hall–Kier alpha value is -3.15. The molecule has 0 aliphatic heterocycles. The van der Waals surface area contributed by atoms with E-state index in [1.165, 1.54) is 4.68 Å². The predicted octanol–water partition coefficient (Wildman–Crippen LogP) is 2.72. The number of aryl methyl sites for hydroxylation is 2. The fourth-order valence-corrected chi connectivity index (χ4v) is 2.43. The molecular formula is C17H17N5O. The van der Waals surface area contributed by atoms with Crippen LogP contribution in [-0.2, 0) is 0 Å². The van der Waals surface area contributed by atoms with Crippen LogP contribution in [0.15, 0.2) is 48.5 Å². The SMILES string of the molecule is Cc1cc(C)cc(-n2nnc(C(=O)Nc3ccccc3)c2N)c1. The van der Waals surface area contributed by atoms with Crippen molar-refractivity contribution >= 4 is 17.4 Å². The van der Waals surface area contributed by atoms with E-state index in [-0.39, 0.29) is 17.4 Å². The van der Waals surface area contributed by atoms with Crippen molar-refractivity contribution in [2.75, 3.05) is 11.1 Å². The molecule has 0 bridgehead atoms. The molecule has 3 N–H and O–H groups in total. The number of nitrogen functional groups attached to an aromatic ring is 1. The first kappa shape index (κ1) is 14.8. The van der Waals surface area contributed by atoms with Crippen molar-refractivity contribution in [3.63, 3.8) is 0 Å². The highest BCUT2D eigenvalue weighted by molar-refractivity contribution is 6.05. The van der Waals surface area contributed by atoms with Gasteiger partial charge in [0.2, 0.25) is 0 Å². The van der Waals surface area contributed by atoms with Crippen LogP contribution in [0, 0.1) is 13.8 Å². The second-order valence-electron chi connectivity index (χ2n) is 5.40. The summed E-state index contributed by atoms with van der Waals surface area (Å²) in [6.07, 6.45) is 0.